The first kappa shape index (κ1) is 9.23. The van der Waals surface area contributed by atoms with E-state index in [9.17, 15) is 13.2 Å². The van der Waals surface area contributed by atoms with Gasteiger partial charge in [0.1, 0.15) is 6.10 Å². The number of rotatable bonds is 2. The molecule has 1 amide bonds. The summed E-state index contributed by atoms with van der Waals surface area (Å²) in [6, 6.07) is 0. The molecule has 1 heterocycles. The van der Waals surface area contributed by atoms with Crippen LogP contribution in [0.5, 0.6) is 0 Å². The lowest BCUT2D eigenvalue weighted by atomic mass is 10.2. The van der Waals surface area contributed by atoms with Gasteiger partial charge in [0.15, 0.2) is 0 Å². The van der Waals surface area contributed by atoms with Gasteiger partial charge in [-0.25, -0.2) is 9.93 Å². The van der Waals surface area contributed by atoms with Crippen molar-refractivity contribution in [2.24, 2.45) is 10.9 Å². The van der Waals surface area contributed by atoms with Gasteiger partial charge in [0.05, 0.1) is 13.1 Å². The summed E-state index contributed by atoms with van der Waals surface area (Å²) in [6.07, 6.45) is -1.37. The van der Waals surface area contributed by atoms with Crippen molar-refractivity contribution in [1.82, 2.24) is 4.31 Å². The van der Waals surface area contributed by atoms with Gasteiger partial charge in [0.2, 0.25) is 0 Å². The van der Waals surface area contributed by atoms with Crippen molar-refractivity contribution < 1.29 is 17.9 Å². The van der Waals surface area contributed by atoms with Crippen LogP contribution >= 0.6 is 0 Å². The molecule has 0 aliphatic carbocycles. The van der Waals surface area contributed by atoms with Crippen LogP contribution in [0.15, 0.2) is 0 Å². The molecule has 0 saturated carbocycles. The summed E-state index contributed by atoms with van der Waals surface area (Å²) < 4.78 is 26.6. The van der Waals surface area contributed by atoms with Crippen LogP contribution in [0, 0.1) is 0 Å². The van der Waals surface area contributed by atoms with Gasteiger partial charge in [0, 0.05) is 0 Å². The van der Waals surface area contributed by atoms with E-state index in [4.69, 9.17) is 10.9 Å². The van der Waals surface area contributed by atoms with Crippen molar-refractivity contribution in [3.63, 3.8) is 0 Å². The van der Waals surface area contributed by atoms with Crippen LogP contribution < -0.4 is 10.9 Å². The van der Waals surface area contributed by atoms with E-state index in [0.717, 1.165) is 4.31 Å². The summed E-state index contributed by atoms with van der Waals surface area (Å²) in [7, 11) is -3.63. The van der Waals surface area contributed by atoms with Crippen LogP contribution in [0.4, 0.5) is 4.79 Å². The first-order valence-corrected chi connectivity index (χ1v) is 4.64. The number of primary amides is 1. The Bertz CT molecular complexity index is 281. The molecular weight excluding hydrogens is 186 g/mol. The molecule has 0 spiro atoms. The number of hydrogen-bond acceptors (Lipinski definition) is 4. The summed E-state index contributed by atoms with van der Waals surface area (Å²) in [5.74, 6) is 0. The Balaban J connectivity index is 2.34. The zero-order valence-electron chi connectivity index (χ0n) is 6.13. The summed E-state index contributed by atoms with van der Waals surface area (Å²) in [4.78, 5) is 10.2. The van der Waals surface area contributed by atoms with Gasteiger partial charge >= 0.3 is 6.09 Å². The van der Waals surface area contributed by atoms with E-state index in [1.165, 1.54) is 0 Å². The molecule has 1 aliphatic rings. The van der Waals surface area contributed by atoms with E-state index < -0.39 is 22.4 Å². The molecule has 0 radical (unpaired) electrons. The Kier molecular flexibility index (Phi) is 2.22. The molecule has 0 bridgehead atoms. The van der Waals surface area contributed by atoms with Crippen LogP contribution in [0.2, 0.25) is 0 Å². The topological polar surface area (TPSA) is 116 Å². The zero-order valence-corrected chi connectivity index (χ0v) is 6.95. The molecule has 1 rings (SSSR count). The number of carbonyl (C=O) groups excluding carboxylic acids is 1. The Labute approximate surface area is 69.4 Å². The lowest BCUT2D eigenvalue weighted by molar-refractivity contribution is 0.0320. The van der Waals surface area contributed by atoms with Crippen LogP contribution in [0.25, 0.3) is 0 Å². The largest absolute Gasteiger partial charge is 0.444 e. The van der Waals surface area contributed by atoms with Gasteiger partial charge in [0.25, 0.3) is 10.2 Å². The molecule has 4 N–H and O–H groups in total. The maximum atomic E-state index is 10.6. The zero-order chi connectivity index (χ0) is 9.35. The number of ether oxygens (including phenoxy) is 1. The average Bonchev–Trinajstić information content (AvgIpc) is 1.73. The Morgan fingerprint density at radius 1 is 1.50 bits per heavy atom. The minimum Gasteiger partial charge on any atom is -0.444 e. The Morgan fingerprint density at radius 3 is 2.33 bits per heavy atom. The van der Waals surface area contributed by atoms with Crippen LogP contribution in [0.1, 0.15) is 0 Å². The van der Waals surface area contributed by atoms with Crippen molar-refractivity contribution >= 4 is 16.3 Å². The van der Waals surface area contributed by atoms with Crippen molar-refractivity contribution in [1.29, 1.82) is 0 Å². The molecule has 1 saturated heterocycles. The molecule has 7 nitrogen and oxygen atoms in total. The summed E-state index contributed by atoms with van der Waals surface area (Å²) in [6.45, 7) is 0.170. The molecule has 8 heteroatoms. The molecule has 12 heavy (non-hydrogen) atoms. The highest BCUT2D eigenvalue weighted by molar-refractivity contribution is 7.86. The predicted molar refractivity (Wildman–Crippen MR) is 39.1 cm³/mol. The van der Waals surface area contributed by atoms with E-state index in [-0.39, 0.29) is 13.1 Å². The maximum Gasteiger partial charge on any atom is 0.404 e. The van der Waals surface area contributed by atoms with E-state index >= 15 is 0 Å². The van der Waals surface area contributed by atoms with Crippen LogP contribution in [0.3, 0.4) is 0 Å². The first-order valence-electron chi connectivity index (χ1n) is 3.13. The molecule has 0 aromatic heterocycles. The smallest absolute Gasteiger partial charge is 0.404 e. The third kappa shape index (κ3) is 2.06. The molecule has 0 unspecified atom stereocenters. The standard InChI is InChI=1S/C4H9N3O4S/c5-4(8)11-3-1-7(2-3)12(6,9)10/h3H,1-2H2,(H2,5,8)(H2,6,9,10). The van der Waals surface area contributed by atoms with E-state index in [0.29, 0.717) is 0 Å². The van der Waals surface area contributed by atoms with E-state index in [1.807, 2.05) is 0 Å². The summed E-state index contributed by atoms with van der Waals surface area (Å²) in [5, 5.41) is 4.76. The highest BCUT2D eigenvalue weighted by Gasteiger charge is 2.35. The lowest BCUT2D eigenvalue weighted by Crippen LogP contribution is -2.57. The van der Waals surface area contributed by atoms with Gasteiger partial charge in [-0.2, -0.15) is 12.7 Å². The molecule has 1 aliphatic heterocycles. The summed E-state index contributed by atoms with van der Waals surface area (Å²) >= 11 is 0. The highest BCUT2D eigenvalue weighted by Crippen LogP contribution is 2.13. The number of nitrogens with two attached hydrogens (primary N) is 2. The van der Waals surface area contributed by atoms with Crippen LogP contribution in [-0.4, -0.2) is 38.0 Å². The monoisotopic (exact) mass is 195 g/mol. The predicted octanol–water partition coefficient (Wildman–Crippen LogP) is -2.03. The van der Waals surface area contributed by atoms with Gasteiger partial charge in [-0.1, -0.05) is 0 Å². The Hall–Kier alpha value is -0.860. The first-order chi connectivity index (χ1) is 5.39. The second kappa shape index (κ2) is 2.88. The minimum atomic E-state index is -3.63. The quantitative estimate of drug-likeness (QED) is 0.528. The molecular formula is C4H9N3O4S. The SMILES string of the molecule is NC(=O)OC1CN(S(N)(=O)=O)C1. The van der Waals surface area contributed by atoms with E-state index in [2.05, 4.69) is 4.74 Å². The number of carbonyl (C=O) groups is 1. The molecule has 0 aromatic rings. The lowest BCUT2D eigenvalue weighted by Gasteiger charge is -2.35. The van der Waals surface area contributed by atoms with Gasteiger partial charge in [-0.15, -0.1) is 0 Å². The van der Waals surface area contributed by atoms with Crippen molar-refractivity contribution in [3.05, 3.63) is 0 Å². The maximum absolute atomic E-state index is 10.6. The third-order valence-electron chi connectivity index (χ3n) is 1.46. The van der Waals surface area contributed by atoms with Gasteiger partial charge in [-0.3, -0.25) is 0 Å². The van der Waals surface area contributed by atoms with Crippen molar-refractivity contribution in [3.8, 4) is 0 Å². The fraction of sp³-hybridized carbons (Fsp3) is 0.750. The highest BCUT2D eigenvalue weighted by atomic mass is 32.2. The summed E-state index contributed by atoms with van der Waals surface area (Å²) in [5.41, 5.74) is 4.70. The second-order valence-electron chi connectivity index (χ2n) is 2.42. The number of hydrogen-bond donors (Lipinski definition) is 2. The third-order valence-corrected chi connectivity index (χ3v) is 2.48. The molecule has 1 fully saturated rings. The number of amides is 1. The fourth-order valence-electron chi connectivity index (χ4n) is 0.847. The molecule has 0 atom stereocenters. The average molecular weight is 195 g/mol. The number of nitrogens with zero attached hydrogens (tertiary/aromatic N) is 1. The molecule has 70 valence electrons. The van der Waals surface area contributed by atoms with E-state index in [1.54, 1.807) is 0 Å². The molecule has 0 aromatic carbocycles. The second-order valence-corrected chi connectivity index (χ2v) is 3.97. The van der Waals surface area contributed by atoms with Gasteiger partial charge < -0.3 is 10.5 Å². The van der Waals surface area contributed by atoms with Crippen molar-refractivity contribution in [2.45, 2.75) is 6.10 Å². The normalized spacial score (nSPS) is 20.1. The van der Waals surface area contributed by atoms with Gasteiger partial charge in [-0.05, 0) is 0 Å². The Morgan fingerprint density at radius 2 is 2.00 bits per heavy atom. The fourth-order valence-corrected chi connectivity index (χ4v) is 1.60. The van der Waals surface area contributed by atoms with Crippen LogP contribution in [-0.2, 0) is 14.9 Å². The minimum absolute atomic E-state index is 0.0851. The van der Waals surface area contributed by atoms with Crippen molar-refractivity contribution in [2.75, 3.05) is 13.1 Å².